The summed E-state index contributed by atoms with van der Waals surface area (Å²) in [6.45, 7) is 10.00. The zero-order valence-electron chi connectivity index (χ0n) is 12.3. The molecule has 0 spiro atoms. The van der Waals surface area contributed by atoms with E-state index in [1.54, 1.807) is 0 Å². The fraction of sp³-hybridized carbons (Fsp3) is 0.857. The lowest BCUT2D eigenvalue weighted by molar-refractivity contribution is -0.146. The van der Waals surface area contributed by atoms with E-state index in [1.165, 1.54) is 0 Å². The van der Waals surface area contributed by atoms with Crippen molar-refractivity contribution in [2.24, 2.45) is 17.8 Å². The Morgan fingerprint density at radius 3 is 2.47 bits per heavy atom. The van der Waals surface area contributed by atoms with Crippen molar-refractivity contribution in [2.45, 2.75) is 40.2 Å². The summed E-state index contributed by atoms with van der Waals surface area (Å²) < 4.78 is 0. The fourth-order valence-electron chi connectivity index (χ4n) is 2.51. The van der Waals surface area contributed by atoms with Gasteiger partial charge in [-0.3, -0.25) is 14.5 Å². The minimum Gasteiger partial charge on any atom is -0.481 e. The van der Waals surface area contributed by atoms with Crippen molar-refractivity contribution in [2.75, 3.05) is 19.6 Å². The summed E-state index contributed by atoms with van der Waals surface area (Å²) in [6.07, 6.45) is 0.623. The molecule has 1 aliphatic heterocycles. The molecule has 1 rings (SSSR count). The van der Waals surface area contributed by atoms with Gasteiger partial charge < -0.3 is 10.4 Å². The molecule has 5 heteroatoms. The van der Waals surface area contributed by atoms with E-state index in [0.29, 0.717) is 32.0 Å². The highest BCUT2D eigenvalue weighted by molar-refractivity contribution is 5.81. The van der Waals surface area contributed by atoms with E-state index in [4.69, 9.17) is 5.11 Å². The van der Waals surface area contributed by atoms with Crippen LogP contribution in [0.15, 0.2) is 0 Å². The van der Waals surface area contributed by atoms with E-state index in [-0.39, 0.29) is 23.8 Å². The molecule has 1 amide bonds. The zero-order chi connectivity index (χ0) is 14.6. The van der Waals surface area contributed by atoms with Crippen LogP contribution in [0.5, 0.6) is 0 Å². The predicted molar refractivity (Wildman–Crippen MR) is 73.8 cm³/mol. The molecular weight excluding hydrogens is 244 g/mol. The SMILES string of the molecule is CC(C)CNC(=O)C(C)N1CCC(C(=O)O)C(C)C1. The molecule has 1 fully saturated rings. The van der Waals surface area contributed by atoms with Gasteiger partial charge in [-0.15, -0.1) is 0 Å². The number of amides is 1. The molecule has 0 aromatic heterocycles. The Balaban J connectivity index is 2.49. The van der Waals surface area contributed by atoms with Gasteiger partial charge >= 0.3 is 5.97 Å². The maximum Gasteiger partial charge on any atom is 0.306 e. The van der Waals surface area contributed by atoms with Crippen molar-refractivity contribution in [3.8, 4) is 0 Å². The summed E-state index contributed by atoms with van der Waals surface area (Å²) in [6, 6.07) is -0.184. The van der Waals surface area contributed by atoms with Crippen LogP contribution in [0.1, 0.15) is 34.1 Å². The van der Waals surface area contributed by atoms with Crippen molar-refractivity contribution in [1.29, 1.82) is 0 Å². The van der Waals surface area contributed by atoms with Gasteiger partial charge in [0.2, 0.25) is 5.91 Å². The molecule has 5 nitrogen and oxygen atoms in total. The molecule has 3 atom stereocenters. The summed E-state index contributed by atoms with van der Waals surface area (Å²) in [5.41, 5.74) is 0. The summed E-state index contributed by atoms with van der Waals surface area (Å²) in [5.74, 6) is -0.430. The Hall–Kier alpha value is -1.10. The number of rotatable bonds is 5. The van der Waals surface area contributed by atoms with Gasteiger partial charge in [0, 0.05) is 13.1 Å². The molecule has 110 valence electrons. The van der Waals surface area contributed by atoms with Crippen LogP contribution >= 0.6 is 0 Å². The summed E-state index contributed by atoms with van der Waals surface area (Å²) in [4.78, 5) is 25.1. The Labute approximate surface area is 115 Å². The summed E-state index contributed by atoms with van der Waals surface area (Å²) in [7, 11) is 0. The Bertz CT molecular complexity index is 331. The zero-order valence-corrected chi connectivity index (χ0v) is 12.3. The van der Waals surface area contributed by atoms with Gasteiger partial charge in [-0.2, -0.15) is 0 Å². The van der Waals surface area contributed by atoms with Crippen LogP contribution in [0.2, 0.25) is 0 Å². The maximum atomic E-state index is 12.0. The molecule has 3 unspecified atom stereocenters. The highest BCUT2D eigenvalue weighted by Crippen LogP contribution is 2.24. The Kier molecular flexibility index (Phi) is 5.79. The van der Waals surface area contributed by atoms with E-state index in [9.17, 15) is 9.59 Å². The second-order valence-corrected chi connectivity index (χ2v) is 6.02. The third kappa shape index (κ3) is 4.49. The van der Waals surface area contributed by atoms with Gasteiger partial charge in [-0.1, -0.05) is 20.8 Å². The minimum absolute atomic E-state index is 0.0367. The second-order valence-electron chi connectivity index (χ2n) is 6.02. The monoisotopic (exact) mass is 270 g/mol. The third-order valence-corrected chi connectivity index (χ3v) is 3.87. The van der Waals surface area contributed by atoms with Gasteiger partial charge in [0.15, 0.2) is 0 Å². The van der Waals surface area contributed by atoms with E-state index in [2.05, 4.69) is 24.1 Å². The van der Waals surface area contributed by atoms with Gasteiger partial charge in [-0.25, -0.2) is 0 Å². The van der Waals surface area contributed by atoms with E-state index in [0.717, 1.165) is 0 Å². The maximum absolute atomic E-state index is 12.0. The fourth-order valence-corrected chi connectivity index (χ4v) is 2.51. The van der Waals surface area contributed by atoms with Crippen LogP contribution in [0, 0.1) is 17.8 Å². The number of nitrogens with one attached hydrogen (secondary N) is 1. The molecule has 2 N–H and O–H groups in total. The Morgan fingerprint density at radius 1 is 1.37 bits per heavy atom. The largest absolute Gasteiger partial charge is 0.481 e. The van der Waals surface area contributed by atoms with Crippen molar-refractivity contribution >= 4 is 11.9 Å². The van der Waals surface area contributed by atoms with Crippen LogP contribution in [0.3, 0.4) is 0 Å². The molecule has 0 bridgehead atoms. The van der Waals surface area contributed by atoms with Crippen LogP contribution in [0.25, 0.3) is 0 Å². The van der Waals surface area contributed by atoms with E-state index >= 15 is 0 Å². The van der Waals surface area contributed by atoms with Crippen LogP contribution in [-0.4, -0.2) is 47.6 Å². The van der Waals surface area contributed by atoms with Gasteiger partial charge in [0.05, 0.1) is 12.0 Å². The van der Waals surface area contributed by atoms with Crippen LogP contribution in [0.4, 0.5) is 0 Å². The van der Waals surface area contributed by atoms with Crippen molar-refractivity contribution in [3.63, 3.8) is 0 Å². The number of carboxylic acids is 1. The van der Waals surface area contributed by atoms with E-state index in [1.807, 2.05) is 13.8 Å². The molecular formula is C14H26N2O3. The molecule has 1 aliphatic rings. The Morgan fingerprint density at radius 2 is 2.00 bits per heavy atom. The van der Waals surface area contributed by atoms with Gasteiger partial charge in [0.25, 0.3) is 0 Å². The van der Waals surface area contributed by atoms with Crippen molar-refractivity contribution in [1.82, 2.24) is 10.2 Å². The number of likely N-dealkylation sites (tertiary alicyclic amines) is 1. The first-order valence-electron chi connectivity index (χ1n) is 7.07. The number of hydrogen-bond acceptors (Lipinski definition) is 3. The number of carbonyl (C=O) groups is 2. The second kappa shape index (κ2) is 6.89. The van der Waals surface area contributed by atoms with Crippen molar-refractivity contribution < 1.29 is 14.7 Å². The number of hydrogen-bond donors (Lipinski definition) is 2. The number of piperidine rings is 1. The molecule has 0 aromatic carbocycles. The molecule has 0 saturated carbocycles. The van der Waals surface area contributed by atoms with Crippen molar-refractivity contribution in [3.05, 3.63) is 0 Å². The first-order chi connectivity index (χ1) is 8.82. The standard InChI is InChI=1S/C14H26N2O3/c1-9(2)7-15-13(17)11(4)16-6-5-12(14(18)19)10(3)8-16/h9-12H,5-8H2,1-4H3,(H,15,17)(H,18,19). The predicted octanol–water partition coefficient (Wildman–Crippen LogP) is 1.19. The lowest BCUT2D eigenvalue weighted by Gasteiger charge is -2.37. The summed E-state index contributed by atoms with van der Waals surface area (Å²) in [5, 5.41) is 12.0. The lowest BCUT2D eigenvalue weighted by atomic mass is 9.86. The van der Waals surface area contributed by atoms with Crippen LogP contribution in [-0.2, 0) is 9.59 Å². The lowest BCUT2D eigenvalue weighted by Crippen LogP contribution is -2.51. The average molecular weight is 270 g/mol. The molecule has 1 saturated heterocycles. The van der Waals surface area contributed by atoms with E-state index < -0.39 is 5.97 Å². The van der Waals surface area contributed by atoms with Crippen LogP contribution < -0.4 is 5.32 Å². The number of carbonyl (C=O) groups excluding carboxylic acids is 1. The quantitative estimate of drug-likeness (QED) is 0.787. The highest BCUT2D eigenvalue weighted by Gasteiger charge is 2.34. The summed E-state index contributed by atoms with van der Waals surface area (Å²) >= 11 is 0. The first kappa shape index (κ1) is 16.0. The normalized spacial score (nSPS) is 26.2. The molecule has 0 aliphatic carbocycles. The topological polar surface area (TPSA) is 69.6 Å². The smallest absolute Gasteiger partial charge is 0.306 e. The number of carboxylic acid groups (broad SMARTS) is 1. The molecule has 0 aromatic rings. The number of nitrogens with zero attached hydrogens (tertiary/aromatic N) is 1. The molecule has 1 heterocycles. The first-order valence-corrected chi connectivity index (χ1v) is 7.07. The molecule has 19 heavy (non-hydrogen) atoms. The van der Waals surface area contributed by atoms with Gasteiger partial charge in [0.1, 0.15) is 0 Å². The number of aliphatic carboxylic acids is 1. The third-order valence-electron chi connectivity index (χ3n) is 3.87. The highest BCUT2D eigenvalue weighted by atomic mass is 16.4. The average Bonchev–Trinajstić information content (AvgIpc) is 2.34. The van der Waals surface area contributed by atoms with Gasteiger partial charge in [-0.05, 0) is 31.7 Å². The molecule has 0 radical (unpaired) electrons. The minimum atomic E-state index is -0.718.